The average Bonchev–Trinajstić information content (AvgIpc) is 3.79. The summed E-state index contributed by atoms with van der Waals surface area (Å²) < 4.78 is 13.3. The maximum atomic E-state index is 6.86. The first-order chi connectivity index (χ1) is 25.8. The molecule has 250 valence electrons. The number of para-hydroxylation sites is 1. The number of nitrogens with one attached hydrogen (secondary N) is 1. The number of rotatable bonds is 4. The molecule has 4 nitrogen and oxygen atoms in total. The Bertz CT molecular complexity index is 2590. The van der Waals surface area contributed by atoms with Gasteiger partial charge in [0.05, 0.1) is 5.69 Å². The summed E-state index contributed by atoms with van der Waals surface area (Å²) in [5, 5.41) is 4.89. The van der Waals surface area contributed by atoms with Gasteiger partial charge in [-0.25, -0.2) is 0 Å². The van der Waals surface area contributed by atoms with E-state index in [9.17, 15) is 0 Å². The van der Waals surface area contributed by atoms with Gasteiger partial charge in [0.2, 0.25) is 0 Å². The summed E-state index contributed by atoms with van der Waals surface area (Å²) in [6.45, 7) is 0. The van der Waals surface area contributed by atoms with Crippen LogP contribution in [-0.4, -0.2) is 11.9 Å². The summed E-state index contributed by atoms with van der Waals surface area (Å²) >= 11 is 0. The molecule has 7 aromatic rings. The number of anilines is 1. The van der Waals surface area contributed by atoms with Gasteiger partial charge in [-0.15, -0.1) is 0 Å². The molecule has 4 aliphatic rings. The number of ether oxygens (including phenoxy) is 1. The van der Waals surface area contributed by atoms with E-state index in [1.165, 1.54) is 70.2 Å². The molecule has 0 spiro atoms. The third kappa shape index (κ3) is 4.64. The van der Waals surface area contributed by atoms with Crippen LogP contribution in [0.1, 0.15) is 64.0 Å². The van der Waals surface area contributed by atoms with Crippen LogP contribution < -0.4 is 10.1 Å². The fraction of sp³-hybridized carbons (Fsp3) is 0.146. The number of benzene rings is 6. The van der Waals surface area contributed by atoms with E-state index >= 15 is 0 Å². The molecule has 0 saturated heterocycles. The van der Waals surface area contributed by atoms with Crippen LogP contribution in [0.25, 0.3) is 38.8 Å². The van der Waals surface area contributed by atoms with E-state index in [4.69, 9.17) is 14.1 Å². The van der Waals surface area contributed by atoms with E-state index in [1.54, 1.807) is 0 Å². The summed E-state index contributed by atoms with van der Waals surface area (Å²) in [7, 11) is 0. The number of nitrogens with zero attached hydrogens (tertiary/aromatic N) is 1. The van der Waals surface area contributed by atoms with Crippen molar-refractivity contribution in [1.29, 1.82) is 0 Å². The molecule has 0 radical (unpaired) electrons. The van der Waals surface area contributed by atoms with Crippen molar-refractivity contribution >= 4 is 27.9 Å². The summed E-state index contributed by atoms with van der Waals surface area (Å²) in [5.41, 5.74) is 16.5. The molecule has 11 rings (SSSR count). The molecule has 52 heavy (non-hydrogen) atoms. The molecule has 0 amide bonds. The van der Waals surface area contributed by atoms with E-state index in [-0.39, 0.29) is 18.2 Å². The second-order valence-electron chi connectivity index (χ2n) is 14.5. The minimum atomic E-state index is -0.321. The predicted octanol–water partition coefficient (Wildman–Crippen LogP) is 11.5. The summed E-state index contributed by atoms with van der Waals surface area (Å²) in [5.74, 6) is 1.75. The van der Waals surface area contributed by atoms with E-state index < -0.39 is 0 Å². The first-order valence-corrected chi connectivity index (χ1v) is 18.5. The largest absolute Gasteiger partial charge is 0.484 e. The third-order valence-electron chi connectivity index (χ3n) is 11.5. The monoisotopic (exact) mass is 672 g/mol. The molecule has 4 heteroatoms. The molecular formula is C48H36N2O2. The quantitative estimate of drug-likeness (QED) is 0.202. The minimum Gasteiger partial charge on any atom is -0.484 e. The zero-order valence-corrected chi connectivity index (χ0v) is 28.7. The molecule has 0 fully saturated rings. The number of fused-ring (bicyclic) bond motifs is 9. The van der Waals surface area contributed by atoms with Gasteiger partial charge in [-0.2, -0.15) is 0 Å². The molecule has 0 saturated carbocycles. The lowest BCUT2D eigenvalue weighted by molar-refractivity contribution is 0.222. The molecule has 2 aliphatic carbocycles. The zero-order valence-electron chi connectivity index (χ0n) is 28.7. The van der Waals surface area contributed by atoms with E-state index in [0.29, 0.717) is 0 Å². The number of furan rings is 1. The van der Waals surface area contributed by atoms with Crippen molar-refractivity contribution in [2.24, 2.45) is 4.99 Å². The summed E-state index contributed by atoms with van der Waals surface area (Å²) in [6.07, 6.45) is 6.97. The summed E-state index contributed by atoms with van der Waals surface area (Å²) in [4.78, 5) is 5.43. The van der Waals surface area contributed by atoms with Gasteiger partial charge >= 0.3 is 0 Å². The molecule has 2 aliphatic heterocycles. The van der Waals surface area contributed by atoms with Gasteiger partial charge in [-0.3, -0.25) is 4.99 Å². The average molecular weight is 673 g/mol. The van der Waals surface area contributed by atoms with Gasteiger partial charge in [0, 0.05) is 33.6 Å². The highest BCUT2D eigenvalue weighted by Gasteiger charge is 2.42. The van der Waals surface area contributed by atoms with Crippen LogP contribution in [0.2, 0.25) is 0 Å². The van der Waals surface area contributed by atoms with Crippen molar-refractivity contribution < 1.29 is 9.15 Å². The summed E-state index contributed by atoms with van der Waals surface area (Å²) in [6, 6.07) is 50.0. The SMILES string of the molecule is C1=C(C2N=C(c3ccccc3)c3oc4ccccc4c3N2)c2ccccc2C2Oc3cccc(-c4ccc(-c5ccc6c(c5)CCCC6)cc4)c3C12. The topological polar surface area (TPSA) is 46.8 Å². The van der Waals surface area contributed by atoms with E-state index in [1.807, 2.05) is 18.2 Å². The lowest BCUT2D eigenvalue weighted by Gasteiger charge is -2.32. The second-order valence-corrected chi connectivity index (χ2v) is 14.5. The second kappa shape index (κ2) is 11.7. The number of aryl methyl sites for hydroxylation is 2. The molecule has 1 aromatic heterocycles. The maximum Gasteiger partial charge on any atom is 0.177 e. The van der Waals surface area contributed by atoms with Crippen LogP contribution in [0.15, 0.2) is 155 Å². The standard InChI is InChI=1S/C48H36N2O2/c1-2-12-32(13-3-1)44-47-45(38-17-8-9-19-41(38)51-47)50-48(49-44)39-28-40-43-35(18-10-20-42(43)52-46(40)37-16-7-6-15-36(37)39)31-24-21-30(22-25-31)34-26-23-29-11-4-5-14-33(29)27-34/h1-3,6-10,12-13,15-28,40,46,48,50H,4-5,11,14H2. The molecule has 3 atom stereocenters. The minimum absolute atomic E-state index is 0.0242. The van der Waals surface area contributed by atoms with Gasteiger partial charge in [0.1, 0.15) is 29.3 Å². The fourth-order valence-corrected chi connectivity index (χ4v) is 8.98. The Morgan fingerprint density at radius 1 is 0.615 bits per heavy atom. The molecule has 0 bridgehead atoms. The van der Waals surface area contributed by atoms with Crippen molar-refractivity contribution in [1.82, 2.24) is 0 Å². The Morgan fingerprint density at radius 3 is 2.27 bits per heavy atom. The lowest BCUT2D eigenvalue weighted by Crippen LogP contribution is -2.29. The highest BCUT2D eigenvalue weighted by Crippen LogP contribution is 2.55. The number of aliphatic imine (C=N–C) groups is 1. The van der Waals surface area contributed by atoms with Crippen molar-refractivity contribution in [2.45, 2.75) is 43.9 Å². The van der Waals surface area contributed by atoms with Crippen LogP contribution >= 0.6 is 0 Å². The molecule has 1 N–H and O–H groups in total. The Hall–Kier alpha value is -6.13. The Labute approximate surface area is 303 Å². The van der Waals surface area contributed by atoms with Crippen molar-refractivity contribution in [3.05, 3.63) is 185 Å². The van der Waals surface area contributed by atoms with Gasteiger partial charge < -0.3 is 14.5 Å². The molecule has 3 heterocycles. The van der Waals surface area contributed by atoms with E-state index in [0.717, 1.165) is 50.6 Å². The van der Waals surface area contributed by atoms with Crippen molar-refractivity contribution in [2.75, 3.05) is 5.32 Å². The van der Waals surface area contributed by atoms with Crippen LogP contribution in [-0.2, 0) is 12.8 Å². The van der Waals surface area contributed by atoms with Gasteiger partial charge in [-0.05, 0) is 82.8 Å². The van der Waals surface area contributed by atoms with E-state index in [2.05, 4.69) is 133 Å². The molecule has 3 unspecified atom stereocenters. The first kappa shape index (κ1) is 29.6. The predicted molar refractivity (Wildman–Crippen MR) is 210 cm³/mol. The maximum absolute atomic E-state index is 6.86. The van der Waals surface area contributed by atoms with Crippen LogP contribution in [0.5, 0.6) is 5.75 Å². The molecule has 6 aromatic carbocycles. The van der Waals surface area contributed by atoms with Crippen molar-refractivity contribution in [3.63, 3.8) is 0 Å². The number of hydrogen-bond acceptors (Lipinski definition) is 4. The highest BCUT2D eigenvalue weighted by atomic mass is 16.5. The van der Waals surface area contributed by atoms with Crippen LogP contribution in [0.4, 0.5) is 5.69 Å². The van der Waals surface area contributed by atoms with Crippen LogP contribution in [0, 0.1) is 0 Å². The Morgan fingerprint density at radius 2 is 1.37 bits per heavy atom. The zero-order chi connectivity index (χ0) is 34.2. The third-order valence-corrected chi connectivity index (χ3v) is 11.5. The Kier molecular flexibility index (Phi) is 6.66. The van der Waals surface area contributed by atoms with Gasteiger partial charge in [0.25, 0.3) is 0 Å². The van der Waals surface area contributed by atoms with Crippen molar-refractivity contribution in [3.8, 4) is 28.0 Å². The molecular weight excluding hydrogens is 637 g/mol. The Balaban J connectivity index is 1.02. The van der Waals surface area contributed by atoms with Crippen LogP contribution in [0.3, 0.4) is 0 Å². The highest BCUT2D eigenvalue weighted by molar-refractivity contribution is 6.19. The number of hydrogen-bond donors (Lipinski definition) is 1. The lowest BCUT2D eigenvalue weighted by atomic mass is 9.77. The normalized spacial score (nSPS) is 19.6. The fourth-order valence-electron chi connectivity index (χ4n) is 8.98. The van der Waals surface area contributed by atoms with Gasteiger partial charge in [-0.1, -0.05) is 127 Å². The van der Waals surface area contributed by atoms with Gasteiger partial charge in [0.15, 0.2) is 5.76 Å². The first-order valence-electron chi connectivity index (χ1n) is 18.5. The smallest absolute Gasteiger partial charge is 0.177 e.